The highest BCUT2D eigenvalue weighted by Crippen LogP contribution is 2.01. The fourth-order valence-corrected chi connectivity index (χ4v) is 0.444. The van der Waals surface area contributed by atoms with Gasteiger partial charge in [-0.15, -0.1) is 0 Å². The molecular formula is C5H9ClO3. The van der Waals surface area contributed by atoms with Crippen molar-refractivity contribution in [2.75, 3.05) is 6.61 Å². The normalized spacial score (nSPS) is 12.8. The van der Waals surface area contributed by atoms with Gasteiger partial charge in [0.25, 0.3) is 0 Å². The standard InChI is InChI=1S/C5H9ClO3/c1-4(3-7)2-5(8)9-6/h4,7H,2-3H2,1H3/t4-/m0/s1. The molecule has 54 valence electrons. The van der Waals surface area contributed by atoms with E-state index in [0.717, 1.165) is 0 Å². The Morgan fingerprint density at radius 3 is 2.78 bits per heavy atom. The maximum absolute atomic E-state index is 10.3. The van der Waals surface area contributed by atoms with Crippen molar-refractivity contribution in [2.45, 2.75) is 13.3 Å². The summed E-state index contributed by atoms with van der Waals surface area (Å²) in [6.45, 7) is 1.71. The number of hydrogen-bond acceptors (Lipinski definition) is 3. The summed E-state index contributed by atoms with van der Waals surface area (Å²) >= 11 is 4.72. The number of carbonyl (C=O) groups is 1. The quantitative estimate of drug-likeness (QED) is 0.648. The Balaban J connectivity index is 3.34. The monoisotopic (exact) mass is 152 g/mol. The molecule has 1 N–H and O–H groups in total. The number of rotatable bonds is 3. The van der Waals surface area contributed by atoms with Gasteiger partial charge in [-0.3, -0.25) is 4.79 Å². The Morgan fingerprint density at radius 2 is 2.44 bits per heavy atom. The number of aliphatic hydroxyl groups is 1. The summed E-state index contributed by atoms with van der Waals surface area (Å²) in [6.07, 6.45) is 0.167. The molecule has 0 spiro atoms. The van der Waals surface area contributed by atoms with Crippen LogP contribution in [0.1, 0.15) is 13.3 Å². The fraction of sp³-hybridized carbons (Fsp3) is 0.800. The van der Waals surface area contributed by atoms with Gasteiger partial charge in [0.05, 0.1) is 6.42 Å². The van der Waals surface area contributed by atoms with Crippen LogP contribution in [-0.4, -0.2) is 17.7 Å². The lowest BCUT2D eigenvalue weighted by Gasteiger charge is -2.01. The van der Waals surface area contributed by atoms with Crippen molar-refractivity contribution in [3.63, 3.8) is 0 Å². The van der Waals surface area contributed by atoms with Gasteiger partial charge in [0.15, 0.2) is 0 Å². The summed E-state index contributed by atoms with van der Waals surface area (Å²) in [6, 6.07) is 0. The van der Waals surface area contributed by atoms with Gasteiger partial charge in [-0.2, -0.15) is 0 Å². The van der Waals surface area contributed by atoms with Crippen LogP contribution < -0.4 is 0 Å². The molecule has 0 aromatic heterocycles. The summed E-state index contributed by atoms with van der Waals surface area (Å²) < 4.78 is 3.84. The van der Waals surface area contributed by atoms with E-state index < -0.39 is 5.97 Å². The van der Waals surface area contributed by atoms with Crippen LogP contribution in [0.2, 0.25) is 0 Å². The van der Waals surface area contributed by atoms with Crippen LogP contribution in [-0.2, 0) is 9.08 Å². The molecule has 0 aliphatic carbocycles. The first kappa shape index (κ1) is 8.72. The van der Waals surface area contributed by atoms with Gasteiger partial charge in [-0.1, -0.05) is 6.92 Å². The summed E-state index contributed by atoms with van der Waals surface area (Å²) in [5.41, 5.74) is 0. The molecule has 0 rings (SSSR count). The molecule has 0 heterocycles. The SMILES string of the molecule is C[C@H](CO)CC(=O)OCl. The van der Waals surface area contributed by atoms with Crippen LogP contribution in [0.3, 0.4) is 0 Å². The van der Waals surface area contributed by atoms with Gasteiger partial charge in [-0.25, -0.2) is 0 Å². The molecule has 1 atom stereocenters. The Hall–Kier alpha value is -0.280. The van der Waals surface area contributed by atoms with E-state index in [4.69, 9.17) is 17.0 Å². The molecule has 0 amide bonds. The zero-order valence-corrected chi connectivity index (χ0v) is 5.89. The summed E-state index contributed by atoms with van der Waals surface area (Å²) in [4.78, 5) is 10.3. The van der Waals surface area contributed by atoms with Crippen molar-refractivity contribution in [2.24, 2.45) is 5.92 Å². The molecule has 0 aromatic carbocycles. The minimum atomic E-state index is -0.502. The van der Waals surface area contributed by atoms with Crippen LogP contribution in [0, 0.1) is 5.92 Å². The maximum Gasteiger partial charge on any atom is 0.325 e. The van der Waals surface area contributed by atoms with Crippen LogP contribution in [0.25, 0.3) is 0 Å². The molecule has 0 unspecified atom stereocenters. The molecule has 0 saturated carbocycles. The van der Waals surface area contributed by atoms with Crippen LogP contribution >= 0.6 is 11.9 Å². The molecule has 0 aliphatic rings. The number of halogens is 1. The molecule has 0 fully saturated rings. The van der Waals surface area contributed by atoms with Gasteiger partial charge in [0.2, 0.25) is 0 Å². The third-order valence-electron chi connectivity index (χ3n) is 0.913. The Labute approximate surface area is 58.7 Å². The first-order valence-electron chi connectivity index (χ1n) is 2.63. The minimum absolute atomic E-state index is 0.0218. The predicted molar refractivity (Wildman–Crippen MR) is 32.8 cm³/mol. The second-order valence-corrected chi connectivity index (χ2v) is 2.10. The number of hydrogen-bond donors (Lipinski definition) is 1. The molecule has 0 bridgehead atoms. The zero-order chi connectivity index (χ0) is 7.28. The van der Waals surface area contributed by atoms with Gasteiger partial charge < -0.3 is 9.40 Å². The van der Waals surface area contributed by atoms with E-state index in [2.05, 4.69) is 4.29 Å². The minimum Gasteiger partial charge on any atom is -0.396 e. The molecule has 0 aliphatic heterocycles. The van der Waals surface area contributed by atoms with Crippen molar-refractivity contribution in [3.05, 3.63) is 0 Å². The highest BCUT2D eigenvalue weighted by atomic mass is 35.5. The highest BCUT2D eigenvalue weighted by molar-refractivity contribution is 6.13. The van der Waals surface area contributed by atoms with E-state index >= 15 is 0 Å². The van der Waals surface area contributed by atoms with Crippen LogP contribution in [0.4, 0.5) is 0 Å². The van der Waals surface area contributed by atoms with Gasteiger partial charge >= 0.3 is 5.97 Å². The zero-order valence-electron chi connectivity index (χ0n) is 5.13. The second-order valence-electron chi connectivity index (χ2n) is 1.94. The third kappa shape index (κ3) is 4.24. The highest BCUT2D eigenvalue weighted by Gasteiger charge is 2.07. The number of carbonyl (C=O) groups excluding carboxylic acids is 1. The lowest BCUT2D eigenvalue weighted by Crippen LogP contribution is -2.08. The summed E-state index contributed by atoms with van der Waals surface area (Å²) in [5, 5.41) is 8.43. The fourth-order valence-electron chi connectivity index (χ4n) is 0.381. The molecule has 0 aromatic rings. The topological polar surface area (TPSA) is 46.5 Å². The molecule has 3 nitrogen and oxygen atoms in total. The lowest BCUT2D eigenvalue weighted by molar-refractivity contribution is -0.135. The molecule has 0 saturated heterocycles. The van der Waals surface area contributed by atoms with Crippen molar-refractivity contribution in [3.8, 4) is 0 Å². The van der Waals surface area contributed by atoms with E-state index in [9.17, 15) is 4.79 Å². The average molecular weight is 153 g/mol. The second kappa shape index (κ2) is 4.58. The van der Waals surface area contributed by atoms with Crippen molar-refractivity contribution in [1.82, 2.24) is 0 Å². The molecular weight excluding hydrogens is 144 g/mol. The van der Waals surface area contributed by atoms with E-state index in [0.29, 0.717) is 0 Å². The lowest BCUT2D eigenvalue weighted by atomic mass is 10.1. The maximum atomic E-state index is 10.3. The first-order valence-corrected chi connectivity index (χ1v) is 2.93. The molecule has 9 heavy (non-hydrogen) atoms. The van der Waals surface area contributed by atoms with Gasteiger partial charge in [-0.05, 0) is 5.92 Å². The first-order chi connectivity index (χ1) is 4.20. The molecule has 4 heteroatoms. The average Bonchev–Trinajstić information content (AvgIpc) is 1.87. The van der Waals surface area contributed by atoms with Gasteiger partial charge in [0, 0.05) is 6.61 Å². The summed E-state index contributed by atoms with van der Waals surface area (Å²) in [7, 11) is 0. The van der Waals surface area contributed by atoms with E-state index in [1.54, 1.807) is 6.92 Å². The molecule has 0 radical (unpaired) electrons. The van der Waals surface area contributed by atoms with Crippen LogP contribution in [0.15, 0.2) is 0 Å². The van der Waals surface area contributed by atoms with E-state index in [1.807, 2.05) is 0 Å². The largest absolute Gasteiger partial charge is 0.396 e. The number of aliphatic hydroxyl groups excluding tert-OH is 1. The Morgan fingerprint density at radius 1 is 1.89 bits per heavy atom. The summed E-state index contributed by atoms with van der Waals surface area (Å²) in [5.74, 6) is -0.575. The third-order valence-corrected chi connectivity index (χ3v) is 1.08. The van der Waals surface area contributed by atoms with E-state index in [1.165, 1.54) is 0 Å². The van der Waals surface area contributed by atoms with E-state index in [-0.39, 0.29) is 18.9 Å². The van der Waals surface area contributed by atoms with Crippen molar-refractivity contribution < 1.29 is 14.2 Å². The Bertz CT molecular complexity index is 94.2. The van der Waals surface area contributed by atoms with Gasteiger partial charge in [0.1, 0.15) is 11.9 Å². The van der Waals surface area contributed by atoms with Crippen LogP contribution in [0.5, 0.6) is 0 Å². The van der Waals surface area contributed by atoms with Crippen molar-refractivity contribution >= 4 is 17.8 Å². The van der Waals surface area contributed by atoms with Crippen molar-refractivity contribution in [1.29, 1.82) is 0 Å². The smallest absolute Gasteiger partial charge is 0.325 e. The Kier molecular flexibility index (Phi) is 4.44. The predicted octanol–water partition coefficient (Wildman–Crippen LogP) is 0.702.